The minimum Gasteiger partial charge on any atom is -0.353 e. The van der Waals surface area contributed by atoms with Gasteiger partial charge >= 0.3 is 0 Å². The molecule has 25 heavy (non-hydrogen) atoms. The molecule has 2 aliphatic rings. The molecule has 2 fully saturated rings. The Hall–Kier alpha value is -2.62. The van der Waals surface area contributed by atoms with E-state index in [9.17, 15) is 9.59 Å². The van der Waals surface area contributed by atoms with Crippen molar-refractivity contribution in [1.82, 2.24) is 14.8 Å². The van der Waals surface area contributed by atoms with Crippen molar-refractivity contribution in [2.24, 2.45) is 5.92 Å². The molecule has 0 saturated carbocycles. The van der Waals surface area contributed by atoms with Gasteiger partial charge in [0.15, 0.2) is 0 Å². The van der Waals surface area contributed by atoms with Crippen molar-refractivity contribution < 1.29 is 9.59 Å². The molecule has 7 heteroatoms. The van der Waals surface area contributed by atoms with Crippen molar-refractivity contribution in [2.75, 3.05) is 44.2 Å². The van der Waals surface area contributed by atoms with Crippen molar-refractivity contribution in [3.8, 4) is 6.07 Å². The normalized spacial score (nSPS) is 21.0. The van der Waals surface area contributed by atoms with Gasteiger partial charge < -0.3 is 14.7 Å². The van der Waals surface area contributed by atoms with Crippen molar-refractivity contribution in [3.05, 3.63) is 23.9 Å². The van der Waals surface area contributed by atoms with Crippen LogP contribution in [0.15, 0.2) is 18.3 Å². The van der Waals surface area contributed by atoms with Crippen LogP contribution in [0.4, 0.5) is 5.82 Å². The van der Waals surface area contributed by atoms with Crippen LogP contribution in [0.3, 0.4) is 0 Å². The number of pyridine rings is 1. The lowest BCUT2D eigenvalue weighted by atomic mass is 9.96. The largest absolute Gasteiger partial charge is 0.353 e. The standard InChI is InChI=1S/C18H23N5O2/c1-14(24)23-6-2-3-16(13-23)18(25)22-9-7-21(8-10-22)17-11-15(12-19)4-5-20-17/h4-5,11,16H,2-3,6-10,13H2,1H3/t16-/m0/s1. The molecule has 0 bridgehead atoms. The Morgan fingerprint density at radius 3 is 2.64 bits per heavy atom. The van der Waals surface area contributed by atoms with Gasteiger partial charge in [0.25, 0.3) is 0 Å². The van der Waals surface area contributed by atoms with Gasteiger partial charge in [-0.2, -0.15) is 5.26 Å². The number of hydrogen-bond acceptors (Lipinski definition) is 5. The van der Waals surface area contributed by atoms with E-state index < -0.39 is 0 Å². The minimum atomic E-state index is -0.0794. The van der Waals surface area contributed by atoms with Crippen LogP contribution in [0.2, 0.25) is 0 Å². The molecule has 1 atom stereocenters. The topological polar surface area (TPSA) is 80.5 Å². The Labute approximate surface area is 147 Å². The predicted molar refractivity (Wildman–Crippen MR) is 92.7 cm³/mol. The number of carbonyl (C=O) groups excluding carboxylic acids is 2. The second-order valence-corrected chi connectivity index (χ2v) is 6.63. The summed E-state index contributed by atoms with van der Waals surface area (Å²) in [5, 5.41) is 9.00. The molecular formula is C18H23N5O2. The molecule has 2 aliphatic heterocycles. The van der Waals surface area contributed by atoms with E-state index in [0.717, 1.165) is 25.2 Å². The lowest BCUT2D eigenvalue weighted by molar-refractivity contribution is -0.140. The molecular weight excluding hydrogens is 318 g/mol. The van der Waals surface area contributed by atoms with Crippen LogP contribution in [0, 0.1) is 17.2 Å². The second kappa shape index (κ2) is 7.51. The van der Waals surface area contributed by atoms with Gasteiger partial charge in [0.2, 0.25) is 11.8 Å². The first kappa shape index (κ1) is 17.2. The zero-order valence-electron chi connectivity index (χ0n) is 14.5. The molecule has 132 valence electrons. The average molecular weight is 341 g/mol. The van der Waals surface area contributed by atoms with Crippen LogP contribution < -0.4 is 4.90 Å². The highest BCUT2D eigenvalue weighted by atomic mass is 16.2. The average Bonchev–Trinajstić information content (AvgIpc) is 2.67. The maximum absolute atomic E-state index is 12.8. The number of nitrogens with zero attached hydrogens (tertiary/aromatic N) is 5. The van der Waals surface area contributed by atoms with Crippen LogP contribution in [-0.2, 0) is 9.59 Å². The van der Waals surface area contributed by atoms with Gasteiger partial charge in [-0.1, -0.05) is 0 Å². The smallest absolute Gasteiger partial charge is 0.227 e. The lowest BCUT2D eigenvalue weighted by Gasteiger charge is -2.39. The van der Waals surface area contributed by atoms with E-state index >= 15 is 0 Å². The maximum atomic E-state index is 12.8. The first-order valence-electron chi connectivity index (χ1n) is 8.74. The van der Waals surface area contributed by atoms with E-state index in [0.29, 0.717) is 38.3 Å². The number of rotatable bonds is 2. The molecule has 0 radical (unpaired) electrons. The molecule has 0 aromatic carbocycles. The summed E-state index contributed by atoms with van der Waals surface area (Å²) in [5.41, 5.74) is 0.593. The van der Waals surface area contributed by atoms with E-state index in [1.807, 2.05) is 4.90 Å². The molecule has 7 nitrogen and oxygen atoms in total. The van der Waals surface area contributed by atoms with Crippen LogP contribution in [0.1, 0.15) is 25.3 Å². The highest BCUT2D eigenvalue weighted by molar-refractivity contribution is 5.81. The Morgan fingerprint density at radius 1 is 1.20 bits per heavy atom. The van der Waals surface area contributed by atoms with Crippen LogP contribution in [0.25, 0.3) is 0 Å². The van der Waals surface area contributed by atoms with Gasteiger partial charge in [0.1, 0.15) is 5.82 Å². The Balaban J connectivity index is 1.57. The molecule has 3 rings (SSSR count). The fourth-order valence-electron chi connectivity index (χ4n) is 3.54. The van der Waals surface area contributed by atoms with Crippen LogP contribution >= 0.6 is 0 Å². The second-order valence-electron chi connectivity index (χ2n) is 6.63. The third kappa shape index (κ3) is 3.90. The predicted octanol–water partition coefficient (Wildman–Crippen LogP) is 0.860. The molecule has 2 amide bonds. The summed E-state index contributed by atoms with van der Waals surface area (Å²) in [6.45, 7) is 5.57. The Kier molecular flexibility index (Phi) is 5.17. The number of piperazine rings is 1. The molecule has 0 aliphatic carbocycles. The molecule has 3 heterocycles. The third-order valence-corrected chi connectivity index (χ3v) is 5.01. The highest BCUT2D eigenvalue weighted by Gasteiger charge is 2.31. The van der Waals surface area contributed by atoms with E-state index in [4.69, 9.17) is 5.26 Å². The highest BCUT2D eigenvalue weighted by Crippen LogP contribution is 2.21. The molecule has 1 aromatic heterocycles. The first-order chi connectivity index (χ1) is 12.1. The Bertz CT molecular complexity index is 691. The van der Waals surface area contributed by atoms with Crippen molar-refractivity contribution in [3.63, 3.8) is 0 Å². The first-order valence-corrected chi connectivity index (χ1v) is 8.74. The summed E-state index contributed by atoms with van der Waals surface area (Å²) in [4.78, 5) is 34.4. The molecule has 1 aromatic rings. The summed E-state index contributed by atoms with van der Waals surface area (Å²) in [6.07, 6.45) is 3.39. The summed E-state index contributed by atoms with van der Waals surface area (Å²) >= 11 is 0. The van der Waals surface area contributed by atoms with Crippen molar-refractivity contribution >= 4 is 17.6 Å². The molecule has 0 spiro atoms. The van der Waals surface area contributed by atoms with Gasteiger partial charge in [-0.05, 0) is 25.0 Å². The van der Waals surface area contributed by atoms with Gasteiger partial charge in [0, 0.05) is 52.4 Å². The molecule has 0 N–H and O–H groups in total. The zero-order chi connectivity index (χ0) is 17.8. The van der Waals surface area contributed by atoms with Gasteiger partial charge in [-0.3, -0.25) is 9.59 Å². The zero-order valence-corrected chi connectivity index (χ0v) is 14.5. The number of aromatic nitrogens is 1. The van der Waals surface area contributed by atoms with Crippen LogP contribution in [-0.4, -0.2) is 65.9 Å². The summed E-state index contributed by atoms with van der Waals surface area (Å²) in [6, 6.07) is 5.60. The fraction of sp³-hybridized carbons (Fsp3) is 0.556. The summed E-state index contributed by atoms with van der Waals surface area (Å²) in [7, 11) is 0. The number of nitriles is 1. The number of carbonyl (C=O) groups is 2. The van der Waals surface area contributed by atoms with Gasteiger partial charge in [-0.15, -0.1) is 0 Å². The number of likely N-dealkylation sites (tertiary alicyclic amines) is 1. The van der Waals surface area contributed by atoms with Crippen molar-refractivity contribution in [2.45, 2.75) is 19.8 Å². The fourth-order valence-corrected chi connectivity index (χ4v) is 3.54. The van der Waals surface area contributed by atoms with E-state index in [-0.39, 0.29) is 17.7 Å². The third-order valence-electron chi connectivity index (χ3n) is 5.01. The lowest BCUT2D eigenvalue weighted by Crippen LogP contribution is -2.53. The van der Waals surface area contributed by atoms with Crippen LogP contribution in [0.5, 0.6) is 0 Å². The van der Waals surface area contributed by atoms with Crippen molar-refractivity contribution in [1.29, 1.82) is 5.26 Å². The van der Waals surface area contributed by atoms with E-state index in [2.05, 4.69) is 16.0 Å². The molecule has 0 unspecified atom stereocenters. The van der Waals surface area contributed by atoms with Gasteiger partial charge in [0.05, 0.1) is 17.6 Å². The monoisotopic (exact) mass is 341 g/mol. The number of hydrogen-bond donors (Lipinski definition) is 0. The number of anilines is 1. The number of amides is 2. The molecule has 2 saturated heterocycles. The van der Waals surface area contributed by atoms with E-state index in [1.165, 1.54) is 0 Å². The minimum absolute atomic E-state index is 0.0470. The quantitative estimate of drug-likeness (QED) is 0.797. The summed E-state index contributed by atoms with van der Waals surface area (Å²) < 4.78 is 0. The van der Waals surface area contributed by atoms with E-state index in [1.54, 1.807) is 30.2 Å². The van der Waals surface area contributed by atoms with Gasteiger partial charge in [-0.25, -0.2) is 4.98 Å². The Morgan fingerprint density at radius 2 is 1.96 bits per heavy atom. The summed E-state index contributed by atoms with van der Waals surface area (Å²) in [5.74, 6) is 0.908. The SMILES string of the molecule is CC(=O)N1CCC[C@H](C(=O)N2CCN(c3cc(C#N)ccn3)CC2)C1. The maximum Gasteiger partial charge on any atom is 0.227 e. The number of piperidine rings is 1.